The molecule has 170 valence electrons. The third kappa shape index (κ3) is 5.26. The van der Waals surface area contributed by atoms with Crippen molar-refractivity contribution in [2.45, 2.75) is 25.9 Å². The number of hydrogen-bond acceptors (Lipinski definition) is 4. The first-order valence-electron chi connectivity index (χ1n) is 11.3. The van der Waals surface area contributed by atoms with Gasteiger partial charge in [-0.3, -0.25) is 9.69 Å². The highest BCUT2D eigenvalue weighted by atomic mass is 35.5. The molecule has 1 amide bonds. The fourth-order valence-electron chi connectivity index (χ4n) is 4.29. The van der Waals surface area contributed by atoms with Gasteiger partial charge in [0.15, 0.2) is 0 Å². The normalized spacial score (nSPS) is 15.8. The summed E-state index contributed by atoms with van der Waals surface area (Å²) >= 11 is 6.58. The standard InChI is InChI=1S/C25H31ClN4O2/c1-2-18-7-5-9-23(24(18)26)30-14-12-29(13-15-30)17-20(31)10-11-27-25(32)22-16-19-6-3-4-8-21(19)28-22/h3-9,16,20,28,31H,2,10-15,17H2,1H3,(H,27,32)/t20-/m0/s1. The molecule has 32 heavy (non-hydrogen) atoms. The molecule has 1 aromatic heterocycles. The molecule has 7 heteroatoms. The number of hydrogen-bond donors (Lipinski definition) is 3. The molecule has 0 saturated carbocycles. The lowest BCUT2D eigenvalue weighted by molar-refractivity contribution is 0.0899. The van der Waals surface area contributed by atoms with Crippen LogP contribution in [0, 0.1) is 0 Å². The van der Waals surface area contributed by atoms with E-state index in [0.29, 0.717) is 25.2 Å². The number of aromatic amines is 1. The number of carbonyl (C=O) groups is 1. The first-order chi connectivity index (χ1) is 15.5. The van der Waals surface area contributed by atoms with Gasteiger partial charge in [-0.2, -0.15) is 0 Å². The second-order valence-electron chi connectivity index (χ2n) is 8.36. The number of para-hydroxylation sites is 1. The number of aliphatic hydroxyl groups excluding tert-OH is 1. The molecule has 2 aromatic carbocycles. The maximum Gasteiger partial charge on any atom is 0.267 e. The van der Waals surface area contributed by atoms with E-state index in [2.05, 4.69) is 45.2 Å². The number of H-pyrrole nitrogens is 1. The van der Waals surface area contributed by atoms with Gasteiger partial charge in [0, 0.05) is 50.2 Å². The van der Waals surface area contributed by atoms with Gasteiger partial charge in [-0.25, -0.2) is 0 Å². The average molecular weight is 455 g/mol. The van der Waals surface area contributed by atoms with E-state index >= 15 is 0 Å². The minimum absolute atomic E-state index is 0.145. The molecule has 1 fully saturated rings. The summed E-state index contributed by atoms with van der Waals surface area (Å²) in [5.74, 6) is -0.145. The van der Waals surface area contributed by atoms with E-state index in [9.17, 15) is 9.90 Å². The fourth-order valence-corrected chi connectivity index (χ4v) is 4.67. The monoisotopic (exact) mass is 454 g/mol. The fraction of sp³-hybridized carbons (Fsp3) is 0.400. The summed E-state index contributed by atoms with van der Waals surface area (Å²) in [4.78, 5) is 20.1. The summed E-state index contributed by atoms with van der Waals surface area (Å²) in [6, 6.07) is 15.9. The Labute approximate surface area is 194 Å². The van der Waals surface area contributed by atoms with E-state index in [1.165, 1.54) is 5.56 Å². The lowest BCUT2D eigenvalue weighted by Crippen LogP contribution is -2.49. The number of nitrogens with zero attached hydrogens (tertiary/aromatic N) is 2. The number of piperazine rings is 1. The van der Waals surface area contributed by atoms with E-state index in [1.54, 1.807) is 0 Å². The Morgan fingerprint density at radius 2 is 1.94 bits per heavy atom. The van der Waals surface area contributed by atoms with Crippen LogP contribution in [0.5, 0.6) is 0 Å². The van der Waals surface area contributed by atoms with Gasteiger partial charge in [-0.1, -0.05) is 48.9 Å². The predicted molar refractivity (Wildman–Crippen MR) is 131 cm³/mol. The van der Waals surface area contributed by atoms with Crippen molar-refractivity contribution in [3.63, 3.8) is 0 Å². The SMILES string of the molecule is CCc1cccc(N2CCN(C[C@@H](O)CCNC(=O)c3cc4ccccc4[nH]3)CC2)c1Cl. The summed E-state index contributed by atoms with van der Waals surface area (Å²) in [6.07, 6.45) is 0.975. The molecule has 0 radical (unpaired) electrons. The topological polar surface area (TPSA) is 71.6 Å². The van der Waals surface area contributed by atoms with Gasteiger partial charge >= 0.3 is 0 Å². The van der Waals surface area contributed by atoms with Crippen LogP contribution in [0.2, 0.25) is 5.02 Å². The summed E-state index contributed by atoms with van der Waals surface area (Å²) in [6.45, 7) is 6.70. The number of rotatable bonds is 8. The molecule has 3 aromatic rings. The average Bonchev–Trinajstić information content (AvgIpc) is 3.24. The van der Waals surface area contributed by atoms with Crippen LogP contribution in [-0.2, 0) is 6.42 Å². The highest BCUT2D eigenvalue weighted by Gasteiger charge is 2.21. The molecule has 1 saturated heterocycles. The number of anilines is 1. The summed E-state index contributed by atoms with van der Waals surface area (Å²) in [7, 11) is 0. The number of amides is 1. The lowest BCUT2D eigenvalue weighted by Gasteiger charge is -2.37. The third-order valence-corrected chi connectivity index (χ3v) is 6.60. The Morgan fingerprint density at radius 1 is 1.16 bits per heavy atom. The van der Waals surface area contributed by atoms with Crippen LogP contribution >= 0.6 is 11.6 Å². The molecule has 1 aliphatic rings. The zero-order valence-corrected chi connectivity index (χ0v) is 19.2. The Bertz CT molecular complexity index is 1030. The first kappa shape index (κ1) is 22.6. The van der Waals surface area contributed by atoms with Crippen molar-refractivity contribution < 1.29 is 9.90 Å². The number of halogens is 1. The lowest BCUT2D eigenvalue weighted by atomic mass is 10.1. The molecular weight excluding hydrogens is 424 g/mol. The molecule has 2 heterocycles. The van der Waals surface area contributed by atoms with Gasteiger partial charge in [0.25, 0.3) is 5.91 Å². The zero-order valence-electron chi connectivity index (χ0n) is 18.5. The highest BCUT2D eigenvalue weighted by Crippen LogP contribution is 2.30. The third-order valence-electron chi connectivity index (χ3n) is 6.16. The molecule has 3 N–H and O–H groups in total. The second-order valence-corrected chi connectivity index (χ2v) is 8.74. The number of β-amino-alcohol motifs (C(OH)–C–C–N with tert-alkyl or cyclic N) is 1. The van der Waals surface area contributed by atoms with Gasteiger partial charge in [-0.05, 0) is 36.6 Å². The largest absolute Gasteiger partial charge is 0.392 e. The van der Waals surface area contributed by atoms with Crippen molar-refractivity contribution >= 4 is 34.1 Å². The van der Waals surface area contributed by atoms with Gasteiger partial charge in [0.05, 0.1) is 16.8 Å². The van der Waals surface area contributed by atoms with E-state index < -0.39 is 6.10 Å². The minimum Gasteiger partial charge on any atom is -0.392 e. The number of benzene rings is 2. The number of aromatic nitrogens is 1. The van der Waals surface area contributed by atoms with Crippen LogP contribution in [0.4, 0.5) is 5.69 Å². The van der Waals surface area contributed by atoms with Gasteiger partial charge < -0.3 is 20.3 Å². The van der Waals surface area contributed by atoms with Gasteiger partial charge in [0.2, 0.25) is 0 Å². The molecule has 0 unspecified atom stereocenters. The Morgan fingerprint density at radius 3 is 2.69 bits per heavy atom. The summed E-state index contributed by atoms with van der Waals surface area (Å²) < 4.78 is 0. The zero-order chi connectivity index (χ0) is 22.5. The Hall–Kier alpha value is -2.54. The molecule has 6 nitrogen and oxygen atoms in total. The number of fused-ring (bicyclic) bond motifs is 1. The summed E-state index contributed by atoms with van der Waals surface area (Å²) in [5.41, 5.74) is 3.77. The van der Waals surface area contributed by atoms with E-state index in [4.69, 9.17) is 11.6 Å². The van der Waals surface area contributed by atoms with Crippen LogP contribution in [0.3, 0.4) is 0 Å². The predicted octanol–water partition coefficient (Wildman–Crippen LogP) is 3.69. The number of aliphatic hydroxyl groups is 1. The molecule has 0 bridgehead atoms. The molecule has 1 aliphatic heterocycles. The second kappa shape index (κ2) is 10.4. The van der Waals surface area contributed by atoms with Crippen LogP contribution in [0.1, 0.15) is 29.4 Å². The Balaban J connectivity index is 1.20. The number of carbonyl (C=O) groups excluding carboxylic acids is 1. The molecular formula is C25H31ClN4O2. The first-order valence-corrected chi connectivity index (χ1v) is 11.7. The minimum atomic E-state index is -0.475. The molecule has 0 aliphatic carbocycles. The maximum absolute atomic E-state index is 12.4. The molecule has 1 atom stereocenters. The van der Waals surface area contributed by atoms with Crippen LogP contribution in [0.25, 0.3) is 10.9 Å². The molecule has 0 spiro atoms. The van der Waals surface area contributed by atoms with Crippen molar-refractivity contribution in [2.24, 2.45) is 0 Å². The van der Waals surface area contributed by atoms with E-state index in [-0.39, 0.29) is 5.91 Å². The van der Waals surface area contributed by atoms with Crippen LogP contribution in [0.15, 0.2) is 48.5 Å². The highest BCUT2D eigenvalue weighted by molar-refractivity contribution is 6.34. The maximum atomic E-state index is 12.4. The van der Waals surface area contributed by atoms with Crippen LogP contribution < -0.4 is 10.2 Å². The van der Waals surface area contributed by atoms with Crippen molar-refractivity contribution in [3.8, 4) is 0 Å². The van der Waals surface area contributed by atoms with Crippen molar-refractivity contribution in [1.82, 2.24) is 15.2 Å². The quantitative estimate of drug-likeness (QED) is 0.485. The summed E-state index contributed by atoms with van der Waals surface area (Å²) in [5, 5.41) is 15.2. The van der Waals surface area contributed by atoms with Crippen molar-refractivity contribution in [3.05, 3.63) is 64.8 Å². The smallest absolute Gasteiger partial charge is 0.267 e. The van der Waals surface area contributed by atoms with E-state index in [1.807, 2.05) is 30.3 Å². The van der Waals surface area contributed by atoms with Crippen molar-refractivity contribution in [1.29, 1.82) is 0 Å². The van der Waals surface area contributed by atoms with Crippen LogP contribution in [-0.4, -0.2) is 66.3 Å². The Kier molecular flexibility index (Phi) is 7.35. The number of aryl methyl sites for hydroxylation is 1. The van der Waals surface area contributed by atoms with E-state index in [0.717, 1.165) is 54.2 Å². The van der Waals surface area contributed by atoms with Crippen molar-refractivity contribution in [2.75, 3.05) is 44.2 Å². The number of nitrogens with one attached hydrogen (secondary N) is 2. The van der Waals surface area contributed by atoms with Gasteiger partial charge in [0.1, 0.15) is 5.69 Å². The molecule has 4 rings (SSSR count). The van der Waals surface area contributed by atoms with Gasteiger partial charge in [-0.15, -0.1) is 0 Å².